The summed E-state index contributed by atoms with van der Waals surface area (Å²) in [5, 5.41) is 26.0. The second-order valence-corrected chi connectivity index (χ2v) is 9.69. The summed E-state index contributed by atoms with van der Waals surface area (Å²) in [7, 11) is 0. The zero-order valence-electron chi connectivity index (χ0n) is 20.7. The second-order valence-electron chi connectivity index (χ2n) is 9.25. The van der Waals surface area contributed by atoms with Crippen molar-refractivity contribution >= 4 is 50.9 Å². The van der Waals surface area contributed by atoms with Crippen LogP contribution in [0.25, 0.3) is 33.6 Å². The molecule has 6 aromatic rings. The summed E-state index contributed by atoms with van der Waals surface area (Å²) in [5.41, 5.74) is 7.77. The summed E-state index contributed by atoms with van der Waals surface area (Å²) < 4.78 is 15.5. The predicted octanol–water partition coefficient (Wildman–Crippen LogP) is 7.43. The maximum Gasteiger partial charge on any atom is 0.123 e. The number of fused-ring (bicyclic) bond motifs is 2. The molecule has 0 radical (unpaired) electrons. The van der Waals surface area contributed by atoms with Crippen LogP contribution in [0.1, 0.15) is 22.3 Å². The number of hydrogen-bond acceptors (Lipinski definition) is 4. The molecule has 0 aliphatic rings. The number of halogens is 2. The van der Waals surface area contributed by atoms with Gasteiger partial charge in [0.05, 0.1) is 17.2 Å². The van der Waals surface area contributed by atoms with Gasteiger partial charge >= 0.3 is 0 Å². The molecule has 0 amide bonds. The minimum absolute atomic E-state index is 0.269. The monoisotopic (exact) mass is 532 g/mol. The van der Waals surface area contributed by atoms with E-state index in [0.29, 0.717) is 23.7 Å². The van der Waals surface area contributed by atoms with Gasteiger partial charge in [0.15, 0.2) is 0 Å². The van der Waals surface area contributed by atoms with E-state index in [0.717, 1.165) is 49.9 Å². The number of anilines is 1. The molecule has 0 saturated heterocycles. The molecule has 0 fully saturated rings. The maximum atomic E-state index is 13.4. The summed E-state index contributed by atoms with van der Waals surface area (Å²) in [5.74, 6) is -0.269. The Kier molecular flexibility index (Phi) is 6.54. The van der Waals surface area contributed by atoms with Gasteiger partial charge in [0.2, 0.25) is 0 Å². The van der Waals surface area contributed by atoms with Gasteiger partial charge in [-0.1, -0.05) is 48.0 Å². The van der Waals surface area contributed by atoms with Gasteiger partial charge in [0.1, 0.15) is 16.9 Å². The fourth-order valence-corrected chi connectivity index (χ4v) is 4.82. The van der Waals surface area contributed by atoms with Crippen molar-refractivity contribution in [2.24, 2.45) is 0 Å². The topological polar surface area (TPSA) is 82.3 Å². The van der Waals surface area contributed by atoms with Gasteiger partial charge in [0, 0.05) is 40.9 Å². The lowest BCUT2D eigenvalue weighted by molar-refractivity contribution is 0.626. The Labute approximate surface area is 229 Å². The normalized spacial score (nSPS) is 11.7. The third-order valence-corrected chi connectivity index (χ3v) is 6.85. The highest BCUT2D eigenvalue weighted by Crippen LogP contribution is 2.30. The van der Waals surface area contributed by atoms with E-state index in [1.54, 1.807) is 12.1 Å². The fraction of sp³-hybridized carbons (Fsp3) is 0.0645. The molecule has 8 heteroatoms. The zero-order valence-corrected chi connectivity index (χ0v) is 21.5. The van der Waals surface area contributed by atoms with Gasteiger partial charge in [-0.3, -0.25) is 0 Å². The van der Waals surface area contributed by atoms with Crippen LogP contribution in [-0.2, 0) is 13.1 Å². The van der Waals surface area contributed by atoms with Crippen molar-refractivity contribution in [1.29, 1.82) is 5.26 Å². The number of rotatable bonds is 7. The van der Waals surface area contributed by atoms with Gasteiger partial charge in [-0.05, 0) is 71.3 Å². The van der Waals surface area contributed by atoms with Crippen LogP contribution in [0.4, 0.5) is 10.1 Å². The van der Waals surface area contributed by atoms with E-state index in [9.17, 15) is 9.65 Å². The lowest BCUT2D eigenvalue weighted by Gasteiger charge is -2.08. The minimum atomic E-state index is -0.269. The number of aromatic amines is 1. The Morgan fingerprint density at radius 3 is 2.64 bits per heavy atom. The molecule has 0 unspecified atom stereocenters. The fourth-order valence-electron chi connectivity index (χ4n) is 4.66. The summed E-state index contributed by atoms with van der Waals surface area (Å²) >= 11 is 6.32. The molecule has 6 rings (SSSR count). The van der Waals surface area contributed by atoms with Crippen LogP contribution in [0, 0.1) is 17.1 Å². The van der Waals surface area contributed by atoms with Crippen molar-refractivity contribution in [2.75, 3.05) is 5.32 Å². The van der Waals surface area contributed by atoms with E-state index in [2.05, 4.69) is 31.4 Å². The third-order valence-electron chi connectivity index (χ3n) is 6.61. The first-order chi connectivity index (χ1) is 19.1. The first-order valence-electron chi connectivity index (χ1n) is 12.3. The van der Waals surface area contributed by atoms with E-state index in [-0.39, 0.29) is 5.82 Å². The predicted molar refractivity (Wildman–Crippen MR) is 154 cm³/mol. The standard InChI is InChI=1S/C31H22ClFN6/c32-25-7-10-28-24(19-39(31(28)15-25)18-20-4-8-26(33)9-5-20)13-23(16-34)22-2-1-3-27(14-22)35-17-21-6-11-29-30(12-21)37-38-36-29/h1-15,19,35H,17-18H2,(H,36,37,38)/b23-13+. The van der Waals surface area contributed by atoms with Crippen LogP contribution in [0.5, 0.6) is 0 Å². The molecule has 0 bridgehead atoms. The SMILES string of the molecule is N#C/C(=C\c1cn(Cc2ccc(F)cc2)c2cc(Cl)ccc12)c1cccc(NCc2ccc3n[nH]nc3c2)c1. The Bertz CT molecular complexity index is 1880. The van der Waals surface area contributed by atoms with E-state index in [1.165, 1.54) is 12.1 Å². The van der Waals surface area contributed by atoms with E-state index < -0.39 is 0 Å². The largest absolute Gasteiger partial charge is 0.381 e. The van der Waals surface area contributed by atoms with Crippen LogP contribution in [-0.4, -0.2) is 20.0 Å². The van der Waals surface area contributed by atoms with Crippen molar-refractivity contribution in [3.05, 3.63) is 124 Å². The highest BCUT2D eigenvalue weighted by Gasteiger charge is 2.11. The van der Waals surface area contributed by atoms with Gasteiger partial charge in [-0.25, -0.2) is 4.39 Å². The Balaban J connectivity index is 1.29. The van der Waals surface area contributed by atoms with Crippen LogP contribution in [0.3, 0.4) is 0 Å². The van der Waals surface area contributed by atoms with Crippen molar-refractivity contribution in [2.45, 2.75) is 13.1 Å². The minimum Gasteiger partial charge on any atom is -0.381 e. The number of nitrogens with zero attached hydrogens (tertiary/aromatic N) is 4. The Hall–Kier alpha value is -4.93. The molecule has 2 aromatic heterocycles. The van der Waals surface area contributed by atoms with Crippen LogP contribution >= 0.6 is 11.6 Å². The lowest BCUT2D eigenvalue weighted by Crippen LogP contribution is -1.99. The number of nitrogens with one attached hydrogen (secondary N) is 2. The molecule has 0 aliphatic carbocycles. The number of aromatic nitrogens is 4. The second kappa shape index (κ2) is 10.4. The third kappa shape index (κ3) is 5.24. The smallest absolute Gasteiger partial charge is 0.123 e. The van der Waals surface area contributed by atoms with Crippen molar-refractivity contribution in [1.82, 2.24) is 20.0 Å². The van der Waals surface area contributed by atoms with Crippen LogP contribution in [0.15, 0.2) is 91.1 Å². The molecule has 0 atom stereocenters. The number of hydrogen-bond donors (Lipinski definition) is 2. The van der Waals surface area contributed by atoms with Gasteiger partial charge in [0.25, 0.3) is 0 Å². The van der Waals surface area contributed by atoms with E-state index in [4.69, 9.17) is 11.6 Å². The molecule has 39 heavy (non-hydrogen) atoms. The van der Waals surface area contributed by atoms with Crippen molar-refractivity contribution < 1.29 is 4.39 Å². The van der Waals surface area contributed by atoms with Crippen LogP contribution in [0.2, 0.25) is 5.02 Å². The van der Waals surface area contributed by atoms with E-state index >= 15 is 0 Å². The maximum absolute atomic E-state index is 13.4. The first-order valence-corrected chi connectivity index (χ1v) is 12.7. The quantitative estimate of drug-likeness (QED) is 0.209. The summed E-state index contributed by atoms with van der Waals surface area (Å²) in [6, 6.07) is 28.3. The summed E-state index contributed by atoms with van der Waals surface area (Å²) in [4.78, 5) is 0. The molecular formula is C31H22ClFN6. The number of allylic oxidation sites excluding steroid dienone is 1. The average molecular weight is 533 g/mol. The van der Waals surface area contributed by atoms with Crippen LogP contribution < -0.4 is 5.32 Å². The highest BCUT2D eigenvalue weighted by atomic mass is 35.5. The zero-order chi connectivity index (χ0) is 26.8. The van der Waals surface area contributed by atoms with E-state index in [1.807, 2.05) is 72.9 Å². The molecule has 6 nitrogen and oxygen atoms in total. The Morgan fingerprint density at radius 2 is 1.79 bits per heavy atom. The summed E-state index contributed by atoms with van der Waals surface area (Å²) in [6.07, 6.45) is 3.90. The van der Waals surface area contributed by atoms with Crippen molar-refractivity contribution in [3.8, 4) is 6.07 Å². The summed E-state index contributed by atoms with van der Waals surface area (Å²) in [6.45, 7) is 1.15. The molecule has 2 heterocycles. The Morgan fingerprint density at radius 1 is 0.974 bits per heavy atom. The number of nitriles is 1. The highest BCUT2D eigenvalue weighted by molar-refractivity contribution is 6.31. The number of H-pyrrole nitrogens is 1. The van der Waals surface area contributed by atoms with Crippen molar-refractivity contribution in [3.63, 3.8) is 0 Å². The molecule has 0 aliphatic heterocycles. The van der Waals surface area contributed by atoms with Gasteiger partial charge in [-0.2, -0.15) is 20.7 Å². The first kappa shape index (κ1) is 24.4. The number of benzene rings is 4. The van der Waals surface area contributed by atoms with Gasteiger partial charge in [-0.15, -0.1) is 0 Å². The van der Waals surface area contributed by atoms with Gasteiger partial charge < -0.3 is 9.88 Å². The molecule has 0 spiro atoms. The lowest BCUT2D eigenvalue weighted by atomic mass is 10.0. The molecule has 2 N–H and O–H groups in total. The molecule has 190 valence electrons. The average Bonchev–Trinajstić information content (AvgIpc) is 3.56. The molecular weight excluding hydrogens is 511 g/mol. The molecule has 4 aromatic carbocycles. The molecule has 0 saturated carbocycles.